The molecular weight excluding hydrogens is 297 g/mol. The van der Waals surface area contributed by atoms with Crippen LogP contribution < -0.4 is 0 Å². The van der Waals surface area contributed by atoms with Gasteiger partial charge in [-0.05, 0) is 51.3 Å². The van der Waals surface area contributed by atoms with Crippen molar-refractivity contribution in [3.63, 3.8) is 0 Å². The van der Waals surface area contributed by atoms with Crippen LogP contribution in [0.5, 0.6) is 0 Å². The Labute approximate surface area is 129 Å². The van der Waals surface area contributed by atoms with Crippen molar-refractivity contribution in [1.29, 1.82) is 0 Å². The fraction of sp³-hybridized carbons (Fsp3) is 0.667. The highest BCUT2D eigenvalue weighted by molar-refractivity contribution is 6.34. The Morgan fingerprint density at radius 1 is 1.45 bits per heavy atom. The molecule has 0 aromatic rings. The first-order valence-electron chi connectivity index (χ1n) is 7.12. The number of rotatable bonds is 2. The van der Waals surface area contributed by atoms with Crippen LogP contribution in [0.1, 0.15) is 38.5 Å². The van der Waals surface area contributed by atoms with Gasteiger partial charge in [0, 0.05) is 28.6 Å². The molecule has 2 fully saturated rings. The highest BCUT2D eigenvalue weighted by Crippen LogP contribution is 2.55. The maximum atomic E-state index is 11.3. The fourth-order valence-electron chi connectivity index (χ4n) is 4.35. The Bertz CT molecular complexity index is 512. The van der Waals surface area contributed by atoms with E-state index in [1.54, 1.807) is 0 Å². The minimum absolute atomic E-state index is 0.160. The lowest BCUT2D eigenvalue weighted by atomic mass is 9.72. The second-order valence-corrected chi connectivity index (χ2v) is 7.38. The second-order valence-electron chi connectivity index (χ2n) is 6.27. The van der Waals surface area contributed by atoms with Gasteiger partial charge < -0.3 is 5.11 Å². The van der Waals surface area contributed by atoms with Crippen LogP contribution in [-0.2, 0) is 4.79 Å². The van der Waals surface area contributed by atoms with Crippen molar-refractivity contribution in [2.75, 3.05) is 7.05 Å². The highest BCUT2D eigenvalue weighted by Gasteiger charge is 2.58. The molecule has 0 aromatic carbocycles. The molecule has 3 rings (SSSR count). The van der Waals surface area contributed by atoms with E-state index in [0.717, 1.165) is 25.7 Å². The predicted molar refractivity (Wildman–Crippen MR) is 80.2 cm³/mol. The molecule has 20 heavy (non-hydrogen) atoms. The number of alkyl halides is 1. The van der Waals surface area contributed by atoms with Crippen molar-refractivity contribution < 1.29 is 9.90 Å². The van der Waals surface area contributed by atoms with E-state index in [-0.39, 0.29) is 5.54 Å². The minimum Gasteiger partial charge on any atom is -0.478 e. The SMILES string of the molecule is CN1[C@@H]2CCC[C@@]1([C@]1(Cl)C=C(Cl)C=C(C(=O)O)C1)CC2. The number of hydrogen-bond acceptors (Lipinski definition) is 2. The molecular formula is C15H19Cl2NO2. The van der Waals surface area contributed by atoms with Crippen LogP contribution in [0, 0.1) is 0 Å². The summed E-state index contributed by atoms with van der Waals surface area (Å²) >= 11 is 13.1. The number of carbonyl (C=O) groups is 1. The third-order valence-corrected chi connectivity index (χ3v) is 6.23. The molecule has 2 saturated heterocycles. The molecule has 0 radical (unpaired) electrons. The average Bonchev–Trinajstić information content (AvgIpc) is 2.59. The minimum atomic E-state index is -0.925. The third-order valence-electron chi connectivity index (χ3n) is 5.42. The molecule has 0 amide bonds. The van der Waals surface area contributed by atoms with Gasteiger partial charge in [0.05, 0.1) is 4.87 Å². The van der Waals surface area contributed by atoms with Crippen molar-refractivity contribution in [2.24, 2.45) is 0 Å². The predicted octanol–water partition coefficient (Wildman–Crippen LogP) is 3.52. The number of aliphatic carboxylic acids is 1. The molecule has 2 bridgehead atoms. The molecule has 5 heteroatoms. The number of fused-ring (bicyclic) bond motifs is 2. The van der Waals surface area contributed by atoms with Crippen molar-refractivity contribution in [1.82, 2.24) is 4.90 Å². The van der Waals surface area contributed by atoms with Gasteiger partial charge in [-0.15, -0.1) is 11.6 Å². The van der Waals surface area contributed by atoms with Gasteiger partial charge in [-0.1, -0.05) is 11.6 Å². The first-order chi connectivity index (χ1) is 9.38. The smallest absolute Gasteiger partial charge is 0.331 e. The van der Waals surface area contributed by atoms with E-state index in [0.29, 0.717) is 23.1 Å². The van der Waals surface area contributed by atoms with Crippen molar-refractivity contribution in [2.45, 2.75) is 55.0 Å². The summed E-state index contributed by atoms with van der Waals surface area (Å²) in [6.45, 7) is 0. The molecule has 3 nitrogen and oxygen atoms in total. The molecule has 0 spiro atoms. The zero-order chi connectivity index (χ0) is 14.5. The summed E-state index contributed by atoms with van der Waals surface area (Å²) in [5.41, 5.74) is 0.149. The summed E-state index contributed by atoms with van der Waals surface area (Å²) in [6.07, 6.45) is 9.27. The van der Waals surface area contributed by atoms with Crippen LogP contribution in [0.25, 0.3) is 0 Å². The van der Waals surface area contributed by atoms with E-state index in [9.17, 15) is 9.90 Å². The van der Waals surface area contributed by atoms with Gasteiger partial charge in [-0.2, -0.15) is 0 Å². The molecule has 0 aromatic heterocycles. The third kappa shape index (κ3) is 1.94. The maximum Gasteiger partial charge on any atom is 0.331 e. The summed E-state index contributed by atoms with van der Waals surface area (Å²) in [6, 6.07) is 0.575. The van der Waals surface area contributed by atoms with Gasteiger partial charge in [0.2, 0.25) is 0 Å². The Hall–Kier alpha value is -0.510. The molecule has 0 saturated carbocycles. The maximum absolute atomic E-state index is 11.3. The molecule has 2 heterocycles. The van der Waals surface area contributed by atoms with Crippen LogP contribution in [0.2, 0.25) is 0 Å². The van der Waals surface area contributed by atoms with E-state index < -0.39 is 10.8 Å². The van der Waals surface area contributed by atoms with Gasteiger partial charge in [-0.3, -0.25) is 4.90 Å². The fourth-order valence-corrected chi connectivity index (χ4v) is 5.30. The normalized spacial score (nSPS) is 41.2. The quantitative estimate of drug-likeness (QED) is 0.793. The standard InChI is InChI=1S/C15H19Cl2NO2/c1-18-12-3-2-5-15(18,6-4-12)14(17)8-10(13(19)20)7-11(16)9-14/h7,9,12H,2-6,8H2,1H3,(H,19,20)/t12-,14-,15+/m1/s1. The summed E-state index contributed by atoms with van der Waals surface area (Å²) in [5, 5.41) is 9.74. The zero-order valence-corrected chi connectivity index (χ0v) is 13.0. The number of hydrogen-bond donors (Lipinski definition) is 1. The van der Waals surface area contributed by atoms with Crippen LogP contribution in [0.4, 0.5) is 0 Å². The number of carboxylic acid groups (broad SMARTS) is 1. The molecule has 0 unspecified atom stereocenters. The van der Waals surface area contributed by atoms with Gasteiger partial charge in [-0.25, -0.2) is 4.79 Å². The molecule has 3 atom stereocenters. The number of allylic oxidation sites excluding steroid dienone is 2. The average molecular weight is 316 g/mol. The molecule has 1 aliphatic carbocycles. The molecule has 1 N–H and O–H groups in total. The lowest BCUT2D eigenvalue weighted by Crippen LogP contribution is -2.60. The lowest BCUT2D eigenvalue weighted by Gasteiger charge is -2.52. The van der Waals surface area contributed by atoms with Gasteiger partial charge in [0.15, 0.2) is 0 Å². The van der Waals surface area contributed by atoms with E-state index in [1.807, 2.05) is 6.08 Å². The Balaban J connectivity index is 2.01. The first-order valence-corrected chi connectivity index (χ1v) is 7.88. The zero-order valence-electron chi connectivity index (χ0n) is 11.5. The number of nitrogens with zero attached hydrogens (tertiary/aromatic N) is 1. The van der Waals surface area contributed by atoms with Crippen molar-refractivity contribution in [3.8, 4) is 0 Å². The summed E-state index contributed by atoms with van der Waals surface area (Å²) < 4.78 is 0. The molecule has 110 valence electrons. The number of carboxylic acids is 1. The van der Waals surface area contributed by atoms with Gasteiger partial charge >= 0.3 is 5.97 Å². The first kappa shape index (κ1) is 14.4. The number of piperidine rings is 1. The van der Waals surface area contributed by atoms with E-state index >= 15 is 0 Å². The lowest BCUT2D eigenvalue weighted by molar-refractivity contribution is -0.133. The summed E-state index contributed by atoms with van der Waals surface area (Å²) in [4.78, 5) is 13.0. The van der Waals surface area contributed by atoms with E-state index in [4.69, 9.17) is 23.2 Å². The molecule has 3 aliphatic rings. The largest absolute Gasteiger partial charge is 0.478 e. The van der Waals surface area contributed by atoms with Gasteiger partial charge in [0.1, 0.15) is 0 Å². The monoisotopic (exact) mass is 315 g/mol. The number of halogens is 2. The topological polar surface area (TPSA) is 40.5 Å². The van der Waals surface area contributed by atoms with Gasteiger partial charge in [0.25, 0.3) is 0 Å². The van der Waals surface area contributed by atoms with Crippen LogP contribution in [-0.4, -0.2) is 39.5 Å². The Kier molecular flexibility index (Phi) is 3.43. The Morgan fingerprint density at radius 3 is 2.90 bits per heavy atom. The van der Waals surface area contributed by atoms with E-state index in [2.05, 4.69) is 11.9 Å². The summed E-state index contributed by atoms with van der Waals surface area (Å²) in [7, 11) is 2.13. The van der Waals surface area contributed by atoms with E-state index in [1.165, 1.54) is 12.5 Å². The second kappa shape index (κ2) is 4.75. The Morgan fingerprint density at radius 2 is 2.20 bits per heavy atom. The summed E-state index contributed by atoms with van der Waals surface area (Å²) in [5.74, 6) is -0.925. The van der Waals surface area contributed by atoms with Crippen molar-refractivity contribution in [3.05, 3.63) is 22.8 Å². The highest BCUT2D eigenvalue weighted by atomic mass is 35.5. The van der Waals surface area contributed by atoms with Crippen LogP contribution in [0.3, 0.4) is 0 Å². The molecule has 2 aliphatic heterocycles. The van der Waals surface area contributed by atoms with Crippen molar-refractivity contribution >= 4 is 29.2 Å². The van der Waals surface area contributed by atoms with Crippen LogP contribution in [0.15, 0.2) is 22.8 Å². The van der Waals surface area contributed by atoms with Crippen LogP contribution >= 0.6 is 23.2 Å².